The first-order valence-electron chi connectivity index (χ1n) is 8.87. The van der Waals surface area contributed by atoms with Crippen LogP contribution in [0.4, 0.5) is 0 Å². The lowest BCUT2D eigenvalue weighted by Gasteiger charge is -2.40. The second-order valence-electron chi connectivity index (χ2n) is 6.55. The van der Waals surface area contributed by atoms with Crippen LogP contribution in [0.15, 0.2) is 0 Å². The summed E-state index contributed by atoms with van der Waals surface area (Å²) in [4.78, 5) is 11.7. The van der Waals surface area contributed by atoms with E-state index in [-0.39, 0.29) is 18.7 Å². The normalized spacial score (nSPS) is 30.5. The Balaban J connectivity index is 2.37. The summed E-state index contributed by atoms with van der Waals surface area (Å²) in [6.07, 6.45) is -0.846. The molecule has 0 amide bonds. The molecule has 7 nitrogen and oxygen atoms in total. The summed E-state index contributed by atoms with van der Waals surface area (Å²) in [6, 6.07) is 0. The Kier molecular flexibility index (Phi) is 9.76. The van der Waals surface area contributed by atoms with Gasteiger partial charge in [-0.15, -0.1) is 0 Å². The lowest BCUT2D eigenvalue weighted by molar-refractivity contribution is -0.309. The molecule has 0 aliphatic carbocycles. The maximum absolute atomic E-state index is 11.7. The van der Waals surface area contributed by atoms with E-state index in [4.69, 9.17) is 14.2 Å². The van der Waals surface area contributed by atoms with Crippen molar-refractivity contribution in [2.75, 3.05) is 6.61 Å². The third-order valence-corrected chi connectivity index (χ3v) is 3.97. The topological polar surface area (TPSA) is 105 Å². The minimum Gasteiger partial charge on any atom is -0.463 e. The standard InChI is InChI=1S/C17H32O7/c1-4-5-6-7-8-9-13(18)22-10-12-14(19)15(20)16(21)17(24-12)23-11(2)3/h11-12,14-17,19-21H,4-10H2,1-3H3/t12-,14-,15+,16-,17?/m1/s1. The van der Waals surface area contributed by atoms with E-state index in [1.54, 1.807) is 13.8 Å². The largest absolute Gasteiger partial charge is 0.463 e. The van der Waals surface area contributed by atoms with Gasteiger partial charge >= 0.3 is 5.97 Å². The van der Waals surface area contributed by atoms with Gasteiger partial charge in [-0.1, -0.05) is 32.6 Å². The number of carbonyl (C=O) groups excluding carboxylic acids is 1. The van der Waals surface area contributed by atoms with Crippen molar-refractivity contribution in [3.05, 3.63) is 0 Å². The molecule has 142 valence electrons. The van der Waals surface area contributed by atoms with Crippen LogP contribution in [0, 0.1) is 0 Å². The minimum atomic E-state index is -1.42. The number of hydrogen-bond acceptors (Lipinski definition) is 7. The number of carbonyl (C=O) groups is 1. The fourth-order valence-electron chi connectivity index (χ4n) is 2.56. The number of esters is 1. The van der Waals surface area contributed by atoms with Crippen molar-refractivity contribution in [1.29, 1.82) is 0 Å². The van der Waals surface area contributed by atoms with Gasteiger partial charge in [0.15, 0.2) is 6.29 Å². The summed E-state index contributed by atoms with van der Waals surface area (Å²) in [7, 11) is 0. The molecule has 0 aromatic heterocycles. The number of unbranched alkanes of at least 4 members (excludes halogenated alkanes) is 4. The van der Waals surface area contributed by atoms with Crippen LogP contribution in [-0.4, -0.2) is 64.7 Å². The average molecular weight is 348 g/mol. The lowest BCUT2D eigenvalue weighted by atomic mass is 9.99. The zero-order valence-electron chi connectivity index (χ0n) is 14.9. The summed E-state index contributed by atoms with van der Waals surface area (Å²) in [5.41, 5.74) is 0. The van der Waals surface area contributed by atoms with Crippen LogP contribution in [0.5, 0.6) is 0 Å². The molecule has 0 spiro atoms. The van der Waals surface area contributed by atoms with E-state index in [1.807, 2.05) is 0 Å². The van der Waals surface area contributed by atoms with Crippen LogP contribution in [0.1, 0.15) is 59.3 Å². The number of aliphatic hydroxyl groups excluding tert-OH is 3. The SMILES string of the molecule is CCCCCCCC(=O)OC[C@H]1OC(OC(C)C)[C@H](O)[C@@H](O)[C@@H]1O. The van der Waals surface area contributed by atoms with Gasteiger partial charge in [-0.2, -0.15) is 0 Å². The number of rotatable bonds is 10. The predicted molar refractivity (Wildman–Crippen MR) is 87.2 cm³/mol. The van der Waals surface area contributed by atoms with Crippen molar-refractivity contribution < 1.29 is 34.3 Å². The Hall–Kier alpha value is -0.730. The van der Waals surface area contributed by atoms with Gasteiger partial charge in [0, 0.05) is 6.42 Å². The lowest BCUT2D eigenvalue weighted by Crippen LogP contribution is -2.59. The molecule has 24 heavy (non-hydrogen) atoms. The molecule has 1 rings (SSSR count). The summed E-state index contributed by atoms with van der Waals surface area (Å²) < 4.78 is 15.9. The Morgan fingerprint density at radius 3 is 2.33 bits per heavy atom. The van der Waals surface area contributed by atoms with Crippen LogP contribution in [0.3, 0.4) is 0 Å². The van der Waals surface area contributed by atoms with Crippen molar-refractivity contribution in [1.82, 2.24) is 0 Å². The van der Waals surface area contributed by atoms with Gasteiger partial charge < -0.3 is 29.5 Å². The van der Waals surface area contributed by atoms with Gasteiger partial charge in [0.1, 0.15) is 31.0 Å². The molecule has 0 radical (unpaired) electrons. The van der Waals surface area contributed by atoms with Crippen LogP contribution < -0.4 is 0 Å². The first-order chi connectivity index (χ1) is 11.4. The van der Waals surface area contributed by atoms with Crippen molar-refractivity contribution in [2.24, 2.45) is 0 Å². The van der Waals surface area contributed by atoms with Crippen molar-refractivity contribution in [3.8, 4) is 0 Å². The Morgan fingerprint density at radius 2 is 1.71 bits per heavy atom. The summed E-state index contributed by atoms with van der Waals surface area (Å²) in [5.74, 6) is -0.357. The van der Waals surface area contributed by atoms with E-state index in [1.165, 1.54) is 0 Å². The molecule has 3 N–H and O–H groups in total. The van der Waals surface area contributed by atoms with Crippen LogP contribution in [0.25, 0.3) is 0 Å². The van der Waals surface area contributed by atoms with Crippen LogP contribution in [-0.2, 0) is 19.0 Å². The molecule has 5 atom stereocenters. The maximum atomic E-state index is 11.7. The Morgan fingerprint density at radius 1 is 1.04 bits per heavy atom. The molecule has 0 saturated carbocycles. The molecule has 1 heterocycles. The zero-order valence-corrected chi connectivity index (χ0v) is 14.9. The summed E-state index contributed by atoms with van der Waals surface area (Å²) in [6.45, 7) is 5.48. The molecule has 1 aliphatic heterocycles. The number of hydrogen-bond donors (Lipinski definition) is 3. The van der Waals surface area contributed by atoms with Crippen molar-refractivity contribution in [3.63, 3.8) is 0 Å². The first kappa shape index (κ1) is 21.3. The van der Waals surface area contributed by atoms with Gasteiger partial charge in [-0.3, -0.25) is 4.79 Å². The van der Waals surface area contributed by atoms with Crippen LogP contribution in [0.2, 0.25) is 0 Å². The Labute approximate surface area is 143 Å². The van der Waals surface area contributed by atoms with E-state index in [2.05, 4.69) is 6.92 Å². The van der Waals surface area contributed by atoms with E-state index in [0.29, 0.717) is 6.42 Å². The molecule has 0 aromatic carbocycles. The van der Waals surface area contributed by atoms with Gasteiger partial charge in [-0.25, -0.2) is 0 Å². The molecule has 7 heteroatoms. The highest BCUT2D eigenvalue weighted by Crippen LogP contribution is 2.23. The zero-order chi connectivity index (χ0) is 18.1. The van der Waals surface area contributed by atoms with E-state index in [0.717, 1.165) is 32.1 Å². The van der Waals surface area contributed by atoms with E-state index < -0.39 is 30.7 Å². The highest BCUT2D eigenvalue weighted by atomic mass is 16.7. The number of ether oxygens (including phenoxy) is 3. The molecule has 1 unspecified atom stereocenters. The molecular formula is C17H32O7. The highest BCUT2D eigenvalue weighted by molar-refractivity contribution is 5.69. The molecule has 0 aromatic rings. The van der Waals surface area contributed by atoms with Gasteiger partial charge in [-0.05, 0) is 20.3 Å². The molecule has 1 fully saturated rings. The third kappa shape index (κ3) is 7.03. The summed E-state index contributed by atoms with van der Waals surface area (Å²) >= 11 is 0. The fourth-order valence-corrected chi connectivity index (χ4v) is 2.56. The smallest absolute Gasteiger partial charge is 0.305 e. The highest BCUT2D eigenvalue weighted by Gasteiger charge is 2.45. The number of aliphatic hydroxyl groups is 3. The summed E-state index contributed by atoms with van der Waals surface area (Å²) in [5, 5.41) is 29.7. The van der Waals surface area contributed by atoms with E-state index in [9.17, 15) is 20.1 Å². The van der Waals surface area contributed by atoms with Crippen molar-refractivity contribution in [2.45, 2.75) is 96.1 Å². The third-order valence-electron chi connectivity index (χ3n) is 3.97. The first-order valence-corrected chi connectivity index (χ1v) is 8.87. The van der Waals surface area contributed by atoms with Gasteiger partial charge in [0.05, 0.1) is 6.10 Å². The minimum absolute atomic E-state index is 0.184. The fraction of sp³-hybridized carbons (Fsp3) is 0.941. The monoisotopic (exact) mass is 348 g/mol. The molecule has 1 saturated heterocycles. The second kappa shape index (κ2) is 11.0. The quantitative estimate of drug-likeness (QED) is 0.401. The molecule has 1 aliphatic rings. The molecular weight excluding hydrogens is 316 g/mol. The second-order valence-corrected chi connectivity index (χ2v) is 6.55. The average Bonchev–Trinajstić information content (AvgIpc) is 2.53. The predicted octanol–water partition coefficient (Wildman–Crippen LogP) is 1.12. The molecule has 0 bridgehead atoms. The van der Waals surface area contributed by atoms with Gasteiger partial charge in [0.2, 0.25) is 0 Å². The van der Waals surface area contributed by atoms with Gasteiger partial charge in [0.25, 0.3) is 0 Å². The Bertz CT molecular complexity index is 361. The van der Waals surface area contributed by atoms with Crippen molar-refractivity contribution >= 4 is 5.97 Å². The maximum Gasteiger partial charge on any atom is 0.305 e. The van der Waals surface area contributed by atoms with E-state index >= 15 is 0 Å². The van der Waals surface area contributed by atoms with Crippen LogP contribution >= 0.6 is 0 Å².